The Morgan fingerprint density at radius 3 is 2.16 bits per heavy atom. The third kappa shape index (κ3) is 4.97. The summed E-state index contributed by atoms with van der Waals surface area (Å²) in [6.07, 6.45) is 10.9. The Labute approximate surface area is 114 Å². The zero-order valence-corrected chi connectivity index (χ0v) is 11.5. The number of hydrogen-bond donors (Lipinski definition) is 0. The minimum Gasteiger partial charge on any atom is -0.466 e. The van der Waals surface area contributed by atoms with E-state index in [1.165, 1.54) is 6.92 Å². The maximum atomic E-state index is 10.8. The van der Waals surface area contributed by atoms with E-state index in [-0.39, 0.29) is 12.3 Å². The molecular formula is C15H22O4. The van der Waals surface area contributed by atoms with Gasteiger partial charge in [-0.15, -0.1) is 0 Å². The minimum absolute atomic E-state index is 0.265. The van der Waals surface area contributed by atoms with E-state index >= 15 is 0 Å². The highest BCUT2D eigenvalue weighted by atomic mass is 16.7. The zero-order chi connectivity index (χ0) is 13.5. The van der Waals surface area contributed by atoms with Crippen LogP contribution in [0.25, 0.3) is 0 Å². The lowest BCUT2D eigenvalue weighted by atomic mass is 10.3. The molecular weight excluding hydrogens is 244 g/mol. The van der Waals surface area contributed by atoms with Gasteiger partial charge in [-0.05, 0) is 37.8 Å². The molecule has 4 nitrogen and oxygen atoms in total. The minimum atomic E-state index is -0.340. The van der Waals surface area contributed by atoms with E-state index in [9.17, 15) is 4.79 Å². The molecule has 0 bridgehead atoms. The second kappa shape index (κ2) is 7.22. The Hall–Kier alpha value is -1.45. The fourth-order valence-corrected chi connectivity index (χ4v) is 2.28. The average Bonchev–Trinajstić information content (AvgIpc) is 3.01. The van der Waals surface area contributed by atoms with E-state index in [4.69, 9.17) is 14.2 Å². The Kier molecular flexibility index (Phi) is 5.31. The summed E-state index contributed by atoms with van der Waals surface area (Å²) in [6.45, 7) is 1.75. The van der Waals surface area contributed by atoms with Gasteiger partial charge in [-0.1, -0.05) is 0 Å². The van der Waals surface area contributed by atoms with Gasteiger partial charge in [-0.2, -0.15) is 0 Å². The van der Waals surface area contributed by atoms with Crippen LogP contribution in [-0.2, 0) is 19.0 Å². The zero-order valence-electron chi connectivity index (χ0n) is 11.5. The molecule has 0 unspecified atom stereocenters. The molecule has 0 spiro atoms. The number of hydrogen-bond acceptors (Lipinski definition) is 4. The lowest BCUT2D eigenvalue weighted by Crippen LogP contribution is -2.19. The van der Waals surface area contributed by atoms with Gasteiger partial charge in [-0.25, -0.2) is 0 Å². The summed E-state index contributed by atoms with van der Waals surface area (Å²) in [7, 11) is 0. The molecule has 0 aromatic rings. The highest BCUT2D eigenvalue weighted by Gasteiger charge is 2.18. The fourth-order valence-electron chi connectivity index (χ4n) is 2.28. The first kappa shape index (κ1) is 14.0. The topological polar surface area (TPSA) is 44.8 Å². The van der Waals surface area contributed by atoms with Gasteiger partial charge in [0.15, 0.2) is 0 Å². The first-order valence-corrected chi connectivity index (χ1v) is 7.09. The van der Waals surface area contributed by atoms with Gasteiger partial charge < -0.3 is 14.2 Å². The first-order valence-electron chi connectivity index (χ1n) is 7.09. The molecule has 0 amide bonds. The third-order valence-corrected chi connectivity index (χ3v) is 3.22. The van der Waals surface area contributed by atoms with Crippen molar-refractivity contribution in [3.63, 3.8) is 0 Å². The first-order chi connectivity index (χ1) is 9.24. The van der Waals surface area contributed by atoms with E-state index in [1.807, 2.05) is 0 Å². The van der Waals surface area contributed by atoms with Crippen LogP contribution in [0.15, 0.2) is 23.7 Å². The smallest absolute Gasteiger partial charge is 0.302 e. The van der Waals surface area contributed by atoms with Crippen molar-refractivity contribution in [2.75, 3.05) is 6.61 Å². The molecule has 0 saturated heterocycles. The van der Waals surface area contributed by atoms with Crippen LogP contribution in [0, 0.1) is 0 Å². The van der Waals surface area contributed by atoms with Crippen molar-refractivity contribution < 1.29 is 19.0 Å². The molecule has 0 atom stereocenters. The van der Waals surface area contributed by atoms with Gasteiger partial charge >= 0.3 is 5.97 Å². The molecule has 106 valence electrons. The van der Waals surface area contributed by atoms with Crippen molar-refractivity contribution in [1.82, 2.24) is 0 Å². The number of carbonyl (C=O) groups excluding carboxylic acids is 1. The monoisotopic (exact) mass is 266 g/mol. The average molecular weight is 266 g/mol. The molecule has 0 heterocycles. The summed E-state index contributed by atoms with van der Waals surface area (Å²) in [5.74, 6) is 1.75. The maximum absolute atomic E-state index is 10.8. The van der Waals surface area contributed by atoms with Crippen LogP contribution in [0.3, 0.4) is 0 Å². The Balaban J connectivity index is 1.81. The van der Waals surface area contributed by atoms with Crippen LogP contribution in [0.4, 0.5) is 0 Å². The summed E-state index contributed by atoms with van der Waals surface area (Å²) >= 11 is 0. The van der Waals surface area contributed by atoms with Crippen LogP contribution in [0.2, 0.25) is 0 Å². The fraction of sp³-hybridized carbons (Fsp3) is 0.667. The van der Waals surface area contributed by atoms with Crippen LogP contribution in [0.1, 0.15) is 51.9 Å². The summed E-state index contributed by atoms with van der Waals surface area (Å²) in [5, 5.41) is 0. The molecule has 0 aromatic carbocycles. The SMILES string of the molecule is CC(=O)OCCC(OC1=CCCC1)OC1=CCCC1. The molecule has 0 N–H and O–H groups in total. The second-order valence-corrected chi connectivity index (χ2v) is 4.92. The van der Waals surface area contributed by atoms with E-state index in [1.54, 1.807) is 0 Å². The van der Waals surface area contributed by atoms with Crippen molar-refractivity contribution in [1.29, 1.82) is 0 Å². The molecule has 0 aromatic heterocycles. The summed E-state index contributed by atoms with van der Waals surface area (Å²) in [4.78, 5) is 10.8. The Morgan fingerprint density at radius 2 is 1.74 bits per heavy atom. The number of ether oxygens (including phenoxy) is 3. The van der Waals surface area contributed by atoms with E-state index < -0.39 is 0 Å². The third-order valence-electron chi connectivity index (χ3n) is 3.22. The molecule has 2 aliphatic carbocycles. The molecule has 2 rings (SSSR count). The van der Waals surface area contributed by atoms with Crippen molar-refractivity contribution in [2.45, 2.75) is 58.2 Å². The number of allylic oxidation sites excluding steroid dienone is 4. The quantitative estimate of drug-likeness (QED) is 0.523. The van der Waals surface area contributed by atoms with E-state index in [0.717, 1.165) is 50.0 Å². The number of esters is 1. The summed E-state index contributed by atoms with van der Waals surface area (Å²) in [5.41, 5.74) is 0. The van der Waals surface area contributed by atoms with Gasteiger partial charge in [0.25, 0.3) is 0 Å². The van der Waals surface area contributed by atoms with Crippen LogP contribution >= 0.6 is 0 Å². The van der Waals surface area contributed by atoms with Crippen molar-refractivity contribution in [2.24, 2.45) is 0 Å². The van der Waals surface area contributed by atoms with Crippen molar-refractivity contribution >= 4 is 5.97 Å². The van der Waals surface area contributed by atoms with Crippen molar-refractivity contribution in [3.8, 4) is 0 Å². The van der Waals surface area contributed by atoms with Gasteiger partial charge in [-0.3, -0.25) is 4.79 Å². The number of rotatable bonds is 7. The Morgan fingerprint density at radius 1 is 1.16 bits per heavy atom. The predicted molar refractivity (Wildman–Crippen MR) is 71.1 cm³/mol. The lowest BCUT2D eigenvalue weighted by molar-refractivity contribution is -0.145. The molecule has 19 heavy (non-hydrogen) atoms. The van der Waals surface area contributed by atoms with Crippen LogP contribution in [-0.4, -0.2) is 18.9 Å². The predicted octanol–water partition coefficient (Wildman–Crippen LogP) is 3.43. The molecule has 0 fully saturated rings. The van der Waals surface area contributed by atoms with Crippen LogP contribution in [0.5, 0.6) is 0 Å². The van der Waals surface area contributed by atoms with E-state index in [2.05, 4.69) is 12.2 Å². The lowest BCUT2D eigenvalue weighted by Gasteiger charge is -2.21. The van der Waals surface area contributed by atoms with Gasteiger partial charge in [0.1, 0.15) is 0 Å². The normalized spacial score (nSPS) is 18.2. The van der Waals surface area contributed by atoms with Gasteiger partial charge in [0, 0.05) is 19.8 Å². The molecule has 0 aliphatic heterocycles. The second-order valence-electron chi connectivity index (χ2n) is 4.92. The van der Waals surface area contributed by atoms with E-state index in [0.29, 0.717) is 13.0 Å². The Bertz CT molecular complexity index is 344. The van der Waals surface area contributed by atoms with Gasteiger partial charge in [0.2, 0.25) is 6.29 Å². The summed E-state index contributed by atoms with van der Waals surface area (Å²) < 4.78 is 16.7. The molecule has 0 radical (unpaired) electrons. The molecule has 4 heteroatoms. The standard InChI is InChI=1S/C15H22O4/c1-12(16)17-11-10-15(18-13-6-2-3-7-13)19-14-8-4-5-9-14/h6,8,15H,2-5,7,9-11H2,1H3. The highest BCUT2D eigenvalue weighted by molar-refractivity contribution is 5.65. The maximum Gasteiger partial charge on any atom is 0.302 e. The largest absolute Gasteiger partial charge is 0.466 e. The summed E-state index contributed by atoms with van der Waals surface area (Å²) in [6, 6.07) is 0. The highest BCUT2D eigenvalue weighted by Crippen LogP contribution is 2.25. The van der Waals surface area contributed by atoms with Crippen molar-refractivity contribution in [3.05, 3.63) is 23.7 Å². The number of carbonyl (C=O) groups is 1. The van der Waals surface area contributed by atoms with Crippen LogP contribution < -0.4 is 0 Å². The van der Waals surface area contributed by atoms with Gasteiger partial charge in [0.05, 0.1) is 24.5 Å². The molecule has 2 aliphatic rings. The molecule has 0 saturated carbocycles.